The Hall–Kier alpha value is -2.93. The third-order valence-corrected chi connectivity index (χ3v) is 5.71. The molecule has 0 fully saturated rings. The van der Waals surface area contributed by atoms with Crippen molar-refractivity contribution in [3.05, 3.63) is 71.4 Å². The number of Topliss-reactive ketones (excluding diaryl/α,β-unsaturated/α-hetero) is 1. The molecule has 0 saturated carbocycles. The number of nitrogens with zero attached hydrogens (tertiary/aromatic N) is 1. The van der Waals surface area contributed by atoms with Crippen molar-refractivity contribution in [2.24, 2.45) is 0 Å². The summed E-state index contributed by atoms with van der Waals surface area (Å²) >= 11 is 0. The number of allylic oxidation sites excluding steroid dienone is 1. The van der Waals surface area contributed by atoms with E-state index in [-0.39, 0.29) is 16.3 Å². The Bertz CT molecular complexity index is 995. The lowest BCUT2D eigenvalue weighted by Crippen LogP contribution is -2.38. The van der Waals surface area contributed by atoms with Crippen molar-refractivity contribution in [2.75, 3.05) is 7.05 Å². The molecule has 3 rings (SSSR count). The number of likely N-dealkylation sites (N-methyl/N-ethyl adjacent to an activating group) is 1. The van der Waals surface area contributed by atoms with Crippen LogP contribution in [0.5, 0.6) is 0 Å². The highest BCUT2D eigenvalue weighted by molar-refractivity contribution is 7.89. The van der Waals surface area contributed by atoms with Crippen LogP contribution in [0.1, 0.15) is 22.8 Å². The topological polar surface area (TPSA) is 83.6 Å². The van der Waals surface area contributed by atoms with E-state index in [2.05, 4.69) is 5.32 Å². The minimum atomic E-state index is -3.89. The van der Waals surface area contributed by atoms with Gasteiger partial charge in [0.1, 0.15) is 5.70 Å². The Morgan fingerprint density at radius 2 is 1.56 bits per heavy atom. The second kappa shape index (κ2) is 6.18. The summed E-state index contributed by atoms with van der Waals surface area (Å²) in [6, 6.07) is 14.6. The number of amides is 1. The first-order chi connectivity index (χ1) is 11.8. The summed E-state index contributed by atoms with van der Waals surface area (Å²) in [6.45, 7) is 1.31. The monoisotopic (exact) mass is 356 g/mol. The molecule has 128 valence electrons. The van der Waals surface area contributed by atoms with E-state index in [0.717, 1.165) is 4.31 Å². The van der Waals surface area contributed by atoms with E-state index >= 15 is 0 Å². The van der Waals surface area contributed by atoms with Gasteiger partial charge in [-0.2, -0.15) is 0 Å². The lowest BCUT2D eigenvalue weighted by molar-refractivity contribution is -0.117. The fourth-order valence-corrected chi connectivity index (χ4v) is 4.14. The van der Waals surface area contributed by atoms with Gasteiger partial charge in [-0.15, -0.1) is 0 Å². The molecule has 6 nitrogen and oxygen atoms in total. The van der Waals surface area contributed by atoms with E-state index in [4.69, 9.17) is 0 Å². The molecular formula is C18H16N2O4S. The molecule has 0 unspecified atom stereocenters. The molecule has 0 aromatic heterocycles. The van der Waals surface area contributed by atoms with Crippen molar-refractivity contribution >= 4 is 27.4 Å². The molecule has 0 aliphatic carbocycles. The van der Waals surface area contributed by atoms with Crippen LogP contribution in [0.3, 0.4) is 0 Å². The summed E-state index contributed by atoms with van der Waals surface area (Å²) in [5.41, 5.74) is 0.742. The first-order valence-corrected chi connectivity index (χ1v) is 8.98. The molecular weight excluding hydrogens is 340 g/mol. The van der Waals surface area contributed by atoms with Crippen LogP contribution in [-0.4, -0.2) is 31.5 Å². The number of benzene rings is 2. The zero-order chi connectivity index (χ0) is 18.2. The predicted octanol–water partition coefficient (Wildman–Crippen LogP) is 2.01. The summed E-state index contributed by atoms with van der Waals surface area (Å²) in [6.07, 6.45) is 0. The number of carbonyl (C=O) groups excluding carboxylic acids is 2. The van der Waals surface area contributed by atoms with Crippen molar-refractivity contribution in [3.63, 3.8) is 0 Å². The fourth-order valence-electron chi connectivity index (χ4n) is 2.74. The van der Waals surface area contributed by atoms with Crippen molar-refractivity contribution in [1.29, 1.82) is 0 Å². The van der Waals surface area contributed by atoms with Gasteiger partial charge in [0.2, 0.25) is 11.7 Å². The third-order valence-electron chi connectivity index (χ3n) is 3.90. The minimum absolute atomic E-state index is 0.0471. The van der Waals surface area contributed by atoms with Gasteiger partial charge in [0.05, 0.1) is 10.6 Å². The van der Waals surface area contributed by atoms with Gasteiger partial charge in [-0.05, 0) is 6.07 Å². The molecule has 1 amide bonds. The average molecular weight is 356 g/mol. The van der Waals surface area contributed by atoms with Gasteiger partial charge in [-0.25, -0.2) is 8.42 Å². The molecule has 0 spiro atoms. The van der Waals surface area contributed by atoms with E-state index < -0.39 is 21.7 Å². The predicted molar refractivity (Wildman–Crippen MR) is 92.9 cm³/mol. The van der Waals surface area contributed by atoms with Crippen LogP contribution in [0.15, 0.2) is 65.2 Å². The lowest BCUT2D eigenvalue weighted by atomic mass is 10.0. The summed E-state index contributed by atoms with van der Waals surface area (Å²) in [5, 5.41) is 2.62. The molecule has 7 heteroatoms. The molecule has 2 aromatic carbocycles. The number of carbonyl (C=O) groups is 2. The summed E-state index contributed by atoms with van der Waals surface area (Å²) in [5.74, 6) is -0.874. The lowest BCUT2D eigenvalue weighted by Gasteiger charge is -2.30. The normalized spacial score (nSPS) is 15.5. The zero-order valence-electron chi connectivity index (χ0n) is 13.7. The van der Waals surface area contributed by atoms with Gasteiger partial charge in [0.15, 0.2) is 0 Å². The van der Waals surface area contributed by atoms with E-state index in [0.29, 0.717) is 11.1 Å². The first kappa shape index (κ1) is 16.9. The molecule has 1 aliphatic heterocycles. The van der Waals surface area contributed by atoms with Crippen molar-refractivity contribution in [1.82, 2.24) is 9.62 Å². The maximum Gasteiger partial charge on any atom is 0.264 e. The molecule has 1 N–H and O–H groups in total. The molecule has 25 heavy (non-hydrogen) atoms. The van der Waals surface area contributed by atoms with Crippen molar-refractivity contribution < 1.29 is 18.0 Å². The Kier molecular flexibility index (Phi) is 4.18. The number of hydrogen-bond acceptors (Lipinski definition) is 4. The maximum absolute atomic E-state index is 13.0. The summed E-state index contributed by atoms with van der Waals surface area (Å²) in [7, 11) is -2.58. The second-order valence-electron chi connectivity index (χ2n) is 5.57. The Labute approximate surface area is 145 Å². The zero-order valence-corrected chi connectivity index (χ0v) is 14.5. The highest BCUT2D eigenvalue weighted by Gasteiger charge is 2.38. The number of rotatable bonds is 3. The van der Waals surface area contributed by atoms with Gasteiger partial charge in [0.25, 0.3) is 10.0 Å². The Morgan fingerprint density at radius 1 is 0.960 bits per heavy atom. The van der Waals surface area contributed by atoms with Crippen LogP contribution in [0.4, 0.5) is 0 Å². The number of ketones is 1. The van der Waals surface area contributed by atoms with E-state index in [1.165, 1.54) is 20.0 Å². The van der Waals surface area contributed by atoms with E-state index in [9.17, 15) is 18.0 Å². The quantitative estimate of drug-likeness (QED) is 0.853. The first-order valence-electron chi connectivity index (χ1n) is 7.54. The molecule has 0 bridgehead atoms. The fraction of sp³-hybridized carbons (Fsp3) is 0.111. The standard InChI is InChI=1S/C18H16N2O4S/c1-12(21)19-16-14-10-6-7-11-15(14)25(23,24)20(2)17(16)18(22)13-8-4-3-5-9-13/h3-11H,1-2H3,(H,19,21). The average Bonchev–Trinajstić information content (AvgIpc) is 2.60. The highest BCUT2D eigenvalue weighted by atomic mass is 32.2. The van der Waals surface area contributed by atoms with Crippen molar-refractivity contribution in [2.45, 2.75) is 11.8 Å². The third kappa shape index (κ3) is 2.83. The number of fused-ring (bicyclic) bond motifs is 1. The molecule has 1 heterocycles. The molecule has 1 aliphatic rings. The molecule has 0 radical (unpaired) electrons. The van der Waals surface area contributed by atoms with E-state index in [1.54, 1.807) is 48.5 Å². The smallest absolute Gasteiger partial charge is 0.264 e. The largest absolute Gasteiger partial charge is 0.324 e. The van der Waals surface area contributed by atoms with Gasteiger partial charge < -0.3 is 5.32 Å². The maximum atomic E-state index is 13.0. The SMILES string of the molecule is CC(=O)NC1=C(C(=O)c2ccccc2)N(C)S(=O)(=O)c2ccccc21. The molecule has 0 atom stereocenters. The van der Waals surface area contributed by atoms with E-state index in [1.807, 2.05) is 0 Å². The van der Waals surface area contributed by atoms with Gasteiger partial charge >= 0.3 is 0 Å². The van der Waals surface area contributed by atoms with Crippen LogP contribution in [0.25, 0.3) is 5.70 Å². The van der Waals surface area contributed by atoms with Gasteiger partial charge in [-0.1, -0.05) is 48.5 Å². The molecule has 2 aromatic rings. The van der Waals surface area contributed by atoms with Crippen LogP contribution in [-0.2, 0) is 14.8 Å². The van der Waals surface area contributed by atoms with Crippen molar-refractivity contribution in [3.8, 4) is 0 Å². The Morgan fingerprint density at radius 3 is 2.20 bits per heavy atom. The van der Waals surface area contributed by atoms with Crippen LogP contribution < -0.4 is 5.32 Å². The molecule has 0 saturated heterocycles. The van der Waals surface area contributed by atoms with Gasteiger partial charge in [0, 0.05) is 25.1 Å². The van der Waals surface area contributed by atoms with Gasteiger partial charge in [-0.3, -0.25) is 13.9 Å². The summed E-state index contributed by atoms with van der Waals surface area (Å²) in [4.78, 5) is 24.7. The number of nitrogens with one attached hydrogen (secondary N) is 1. The van der Waals surface area contributed by atoms with Crippen LogP contribution >= 0.6 is 0 Å². The Balaban J connectivity index is 2.32. The minimum Gasteiger partial charge on any atom is -0.324 e. The number of sulfonamides is 1. The van der Waals surface area contributed by atoms with Crippen LogP contribution in [0, 0.1) is 0 Å². The van der Waals surface area contributed by atoms with Crippen LogP contribution in [0.2, 0.25) is 0 Å². The summed E-state index contributed by atoms with van der Waals surface area (Å²) < 4.78 is 26.5. The second-order valence-corrected chi connectivity index (χ2v) is 7.51. The highest BCUT2D eigenvalue weighted by Crippen LogP contribution is 2.35. The number of hydrogen-bond donors (Lipinski definition) is 1.